The zero-order chi connectivity index (χ0) is 19.5. The monoisotopic (exact) mass is 351 g/mol. The summed E-state index contributed by atoms with van der Waals surface area (Å²) in [6.45, 7) is 5.25. The van der Waals surface area contributed by atoms with Gasteiger partial charge in [0, 0.05) is 14.2 Å². The van der Waals surface area contributed by atoms with Gasteiger partial charge in [0.15, 0.2) is 0 Å². The minimum Gasteiger partial charge on any atom is -0.467 e. The number of esters is 1. The van der Waals surface area contributed by atoms with Crippen LogP contribution in [0.5, 0.6) is 0 Å². The Morgan fingerprint density at radius 3 is 1.92 bits per heavy atom. The van der Waals surface area contributed by atoms with Crippen LogP contribution in [0.15, 0.2) is 0 Å². The van der Waals surface area contributed by atoms with Gasteiger partial charge in [0.25, 0.3) is 0 Å². The van der Waals surface area contributed by atoms with Crippen molar-refractivity contribution in [1.29, 1.82) is 0 Å². The summed E-state index contributed by atoms with van der Waals surface area (Å²) in [5, 5.41) is 15.3. The van der Waals surface area contributed by atoms with Crippen LogP contribution in [0.3, 0.4) is 0 Å². The SMILES string of the molecule is CC.CNC(=O)C(NC=O)C(C)OC.COC(=O)C(CO)NC=O. The lowest BCUT2D eigenvalue weighted by molar-refractivity contribution is -0.145. The van der Waals surface area contributed by atoms with E-state index in [0.717, 1.165) is 0 Å². The van der Waals surface area contributed by atoms with Crippen molar-refractivity contribution in [2.45, 2.75) is 39.0 Å². The summed E-state index contributed by atoms with van der Waals surface area (Å²) in [7, 11) is 4.16. The molecular formula is C14H29N3O7. The van der Waals surface area contributed by atoms with Crippen LogP contribution in [0.25, 0.3) is 0 Å². The third-order valence-electron chi connectivity index (χ3n) is 2.56. The number of aliphatic hydroxyl groups is 1. The van der Waals surface area contributed by atoms with Gasteiger partial charge >= 0.3 is 5.97 Å². The van der Waals surface area contributed by atoms with Crippen LogP contribution in [0.2, 0.25) is 0 Å². The highest BCUT2D eigenvalue weighted by Gasteiger charge is 2.22. The van der Waals surface area contributed by atoms with Gasteiger partial charge in [-0.15, -0.1) is 0 Å². The van der Waals surface area contributed by atoms with Crippen molar-refractivity contribution in [3.05, 3.63) is 0 Å². The third-order valence-corrected chi connectivity index (χ3v) is 2.56. The molecule has 0 aliphatic rings. The van der Waals surface area contributed by atoms with Gasteiger partial charge in [0.05, 0.1) is 19.8 Å². The molecule has 142 valence electrons. The molecule has 0 radical (unpaired) electrons. The van der Waals surface area contributed by atoms with E-state index in [-0.39, 0.29) is 12.0 Å². The van der Waals surface area contributed by atoms with E-state index in [1.807, 2.05) is 13.8 Å². The number of hydrogen-bond acceptors (Lipinski definition) is 7. The molecule has 0 fully saturated rings. The van der Waals surface area contributed by atoms with Gasteiger partial charge in [-0.1, -0.05) is 13.8 Å². The molecule has 24 heavy (non-hydrogen) atoms. The molecule has 3 atom stereocenters. The number of amides is 3. The molecule has 0 aliphatic heterocycles. The second kappa shape index (κ2) is 18.8. The molecule has 0 aliphatic carbocycles. The predicted molar refractivity (Wildman–Crippen MR) is 87.0 cm³/mol. The molecule has 0 heterocycles. The number of carbonyl (C=O) groups is 4. The summed E-state index contributed by atoms with van der Waals surface area (Å²) >= 11 is 0. The van der Waals surface area contributed by atoms with E-state index < -0.39 is 24.7 Å². The Labute approximate surface area is 142 Å². The fraction of sp³-hybridized carbons (Fsp3) is 0.714. The first kappa shape index (κ1) is 26.7. The van der Waals surface area contributed by atoms with Crippen molar-refractivity contribution < 1.29 is 33.8 Å². The Bertz CT molecular complexity index is 353. The van der Waals surface area contributed by atoms with Crippen molar-refractivity contribution in [1.82, 2.24) is 16.0 Å². The predicted octanol–water partition coefficient (Wildman–Crippen LogP) is -1.83. The highest BCUT2D eigenvalue weighted by molar-refractivity contribution is 5.83. The van der Waals surface area contributed by atoms with Crippen LogP contribution < -0.4 is 16.0 Å². The number of nitrogens with one attached hydrogen (secondary N) is 3. The van der Waals surface area contributed by atoms with Crippen molar-refractivity contribution in [2.75, 3.05) is 27.9 Å². The maximum atomic E-state index is 11.1. The van der Waals surface area contributed by atoms with Crippen molar-refractivity contribution in [2.24, 2.45) is 0 Å². The molecule has 0 spiro atoms. The van der Waals surface area contributed by atoms with Gasteiger partial charge in [0.2, 0.25) is 18.7 Å². The smallest absolute Gasteiger partial charge is 0.330 e. The Balaban J connectivity index is -0.000000337. The Morgan fingerprint density at radius 1 is 1.12 bits per heavy atom. The van der Waals surface area contributed by atoms with Crippen LogP contribution in [0, 0.1) is 0 Å². The molecule has 0 rings (SSSR count). The normalized spacial score (nSPS) is 12.5. The number of aliphatic hydroxyl groups excluding tert-OH is 1. The Morgan fingerprint density at radius 2 is 1.62 bits per heavy atom. The van der Waals surface area contributed by atoms with Gasteiger partial charge in [0.1, 0.15) is 12.1 Å². The lowest BCUT2D eigenvalue weighted by atomic mass is 10.2. The first-order valence-electron chi connectivity index (χ1n) is 7.25. The number of methoxy groups -OCH3 is 2. The highest BCUT2D eigenvalue weighted by Crippen LogP contribution is 1.96. The minimum atomic E-state index is -0.942. The Hall–Kier alpha value is -2.20. The lowest BCUT2D eigenvalue weighted by Gasteiger charge is -2.19. The average Bonchev–Trinajstić information content (AvgIpc) is 2.64. The molecule has 0 aromatic rings. The maximum Gasteiger partial charge on any atom is 0.330 e. The van der Waals surface area contributed by atoms with E-state index >= 15 is 0 Å². The first-order chi connectivity index (χ1) is 11.4. The standard InChI is InChI=1S/C7H14N2O3.C5H9NO4.C2H6/c1-5(12-3)6(9-4-10)7(11)8-2;1-10-5(9)4(2-7)6-3-8;1-2/h4-6H,1-3H3,(H,8,11)(H,9,10);3-4,7H,2H2,1H3,(H,6,8);1-2H3. The molecule has 0 aromatic carbocycles. The van der Waals surface area contributed by atoms with Crippen LogP contribution in [-0.4, -0.2) is 75.9 Å². The molecule has 3 amide bonds. The first-order valence-corrected chi connectivity index (χ1v) is 7.25. The van der Waals surface area contributed by atoms with Crippen molar-refractivity contribution in [3.8, 4) is 0 Å². The molecule has 0 bridgehead atoms. The van der Waals surface area contributed by atoms with E-state index in [9.17, 15) is 19.2 Å². The molecule has 10 nitrogen and oxygen atoms in total. The summed E-state index contributed by atoms with van der Waals surface area (Å²) in [5.41, 5.74) is 0. The number of hydrogen-bond donors (Lipinski definition) is 4. The maximum absolute atomic E-state index is 11.1. The van der Waals surface area contributed by atoms with Crippen LogP contribution in [-0.2, 0) is 28.7 Å². The van der Waals surface area contributed by atoms with Gasteiger partial charge in [-0.3, -0.25) is 14.4 Å². The largest absolute Gasteiger partial charge is 0.467 e. The van der Waals surface area contributed by atoms with Crippen LogP contribution >= 0.6 is 0 Å². The fourth-order valence-corrected chi connectivity index (χ4v) is 1.21. The third kappa shape index (κ3) is 12.4. The molecule has 10 heteroatoms. The Kier molecular flexibility index (Phi) is 21.0. The summed E-state index contributed by atoms with van der Waals surface area (Å²) in [6.07, 6.45) is 0.475. The van der Waals surface area contributed by atoms with Gasteiger partial charge < -0.3 is 30.5 Å². The molecule has 0 saturated carbocycles. The van der Waals surface area contributed by atoms with Crippen molar-refractivity contribution in [3.63, 3.8) is 0 Å². The molecular weight excluding hydrogens is 322 g/mol. The number of carbonyl (C=O) groups excluding carboxylic acids is 4. The van der Waals surface area contributed by atoms with E-state index in [0.29, 0.717) is 12.8 Å². The molecule has 4 N–H and O–H groups in total. The van der Waals surface area contributed by atoms with Crippen molar-refractivity contribution >= 4 is 24.7 Å². The van der Waals surface area contributed by atoms with Crippen LogP contribution in [0.1, 0.15) is 20.8 Å². The number of rotatable bonds is 9. The van der Waals surface area contributed by atoms with Gasteiger partial charge in [-0.2, -0.15) is 0 Å². The average molecular weight is 351 g/mol. The summed E-state index contributed by atoms with van der Waals surface area (Å²) in [5.74, 6) is -0.925. The van der Waals surface area contributed by atoms with Gasteiger partial charge in [-0.25, -0.2) is 4.79 Å². The fourth-order valence-electron chi connectivity index (χ4n) is 1.21. The summed E-state index contributed by atoms with van der Waals surface area (Å²) < 4.78 is 9.14. The molecule has 0 saturated heterocycles. The lowest BCUT2D eigenvalue weighted by Crippen LogP contribution is -2.49. The topological polar surface area (TPSA) is 143 Å². The second-order valence-electron chi connectivity index (χ2n) is 3.86. The second-order valence-corrected chi connectivity index (χ2v) is 3.86. The van der Waals surface area contributed by atoms with E-state index in [4.69, 9.17) is 9.84 Å². The quantitative estimate of drug-likeness (QED) is 0.283. The highest BCUT2D eigenvalue weighted by atomic mass is 16.5. The number of ether oxygens (including phenoxy) is 2. The number of likely N-dealkylation sites (N-methyl/N-ethyl adjacent to an activating group) is 1. The molecule has 0 aromatic heterocycles. The zero-order valence-corrected chi connectivity index (χ0v) is 15.0. The minimum absolute atomic E-state index is 0.267. The van der Waals surface area contributed by atoms with Crippen LogP contribution in [0.4, 0.5) is 0 Å². The molecule has 3 unspecified atom stereocenters. The zero-order valence-electron chi connectivity index (χ0n) is 15.0. The summed E-state index contributed by atoms with van der Waals surface area (Å²) in [6, 6.07) is -1.57. The van der Waals surface area contributed by atoms with E-state index in [2.05, 4.69) is 20.7 Å². The van der Waals surface area contributed by atoms with E-state index in [1.54, 1.807) is 6.92 Å². The van der Waals surface area contributed by atoms with Gasteiger partial charge in [-0.05, 0) is 6.92 Å². The summed E-state index contributed by atoms with van der Waals surface area (Å²) in [4.78, 5) is 41.5. The van der Waals surface area contributed by atoms with E-state index in [1.165, 1.54) is 21.3 Å².